The number of anilines is 2. The Bertz CT molecular complexity index is 508. The van der Waals surface area contributed by atoms with Gasteiger partial charge < -0.3 is 11.1 Å². The molecule has 1 aromatic heterocycles. The lowest BCUT2D eigenvalue weighted by molar-refractivity contribution is 0.849. The Labute approximate surface area is 107 Å². The molecule has 3 N–H and O–H groups in total. The Morgan fingerprint density at radius 1 is 1.17 bits per heavy atom. The van der Waals surface area contributed by atoms with E-state index in [0.29, 0.717) is 11.7 Å². The molecule has 4 heteroatoms. The highest BCUT2D eigenvalue weighted by Crippen LogP contribution is 2.26. The third-order valence-corrected chi connectivity index (χ3v) is 2.79. The van der Waals surface area contributed by atoms with Crippen LogP contribution in [-0.2, 0) is 6.54 Å². The molecule has 0 fully saturated rings. The van der Waals surface area contributed by atoms with Crippen molar-refractivity contribution < 1.29 is 0 Å². The standard InChI is InChI=1S/C14H18N4/c1-10(2)12-13(15)17-9-18-14(12)16-8-11-6-4-3-5-7-11/h3-7,9-10H,8H2,1-2H3,(H3,15,16,17,18). The lowest BCUT2D eigenvalue weighted by Crippen LogP contribution is -2.09. The second-order valence-corrected chi connectivity index (χ2v) is 4.52. The number of aromatic nitrogens is 2. The van der Waals surface area contributed by atoms with Crippen LogP contribution in [0.1, 0.15) is 30.9 Å². The minimum absolute atomic E-state index is 0.296. The highest BCUT2D eigenvalue weighted by atomic mass is 15.0. The zero-order chi connectivity index (χ0) is 13.0. The number of benzene rings is 1. The van der Waals surface area contributed by atoms with E-state index in [0.717, 1.165) is 17.9 Å². The molecule has 0 amide bonds. The molecule has 0 spiro atoms. The molecule has 0 bridgehead atoms. The van der Waals surface area contributed by atoms with Gasteiger partial charge in [-0.3, -0.25) is 0 Å². The van der Waals surface area contributed by atoms with Crippen molar-refractivity contribution >= 4 is 11.6 Å². The maximum Gasteiger partial charge on any atom is 0.135 e. The van der Waals surface area contributed by atoms with E-state index in [1.165, 1.54) is 11.9 Å². The molecule has 0 saturated carbocycles. The van der Waals surface area contributed by atoms with Gasteiger partial charge in [0.25, 0.3) is 0 Å². The zero-order valence-electron chi connectivity index (χ0n) is 10.7. The van der Waals surface area contributed by atoms with Crippen molar-refractivity contribution in [2.75, 3.05) is 11.1 Å². The summed E-state index contributed by atoms with van der Waals surface area (Å²) in [6.45, 7) is 4.91. The third-order valence-electron chi connectivity index (χ3n) is 2.79. The van der Waals surface area contributed by atoms with Crippen LogP contribution in [0, 0.1) is 0 Å². The summed E-state index contributed by atoms with van der Waals surface area (Å²) < 4.78 is 0. The van der Waals surface area contributed by atoms with Crippen molar-refractivity contribution in [2.24, 2.45) is 0 Å². The van der Waals surface area contributed by atoms with Gasteiger partial charge in [-0.15, -0.1) is 0 Å². The molecule has 0 saturated heterocycles. The number of hydrogen-bond acceptors (Lipinski definition) is 4. The van der Waals surface area contributed by atoms with Gasteiger partial charge in [0.2, 0.25) is 0 Å². The summed E-state index contributed by atoms with van der Waals surface area (Å²) in [5, 5.41) is 3.32. The molecule has 94 valence electrons. The van der Waals surface area contributed by atoms with Gasteiger partial charge in [-0.2, -0.15) is 0 Å². The molecule has 0 aliphatic heterocycles. The number of hydrogen-bond donors (Lipinski definition) is 2. The topological polar surface area (TPSA) is 63.8 Å². The highest BCUT2D eigenvalue weighted by molar-refractivity contribution is 5.56. The predicted octanol–water partition coefficient (Wildman–Crippen LogP) is 2.79. The molecule has 2 aromatic rings. The largest absolute Gasteiger partial charge is 0.383 e. The molecule has 4 nitrogen and oxygen atoms in total. The predicted molar refractivity (Wildman–Crippen MR) is 74.3 cm³/mol. The number of nitrogens with zero attached hydrogens (tertiary/aromatic N) is 2. The summed E-state index contributed by atoms with van der Waals surface area (Å²) >= 11 is 0. The Kier molecular flexibility index (Phi) is 3.77. The molecule has 0 aliphatic rings. The van der Waals surface area contributed by atoms with Crippen LogP contribution < -0.4 is 11.1 Å². The van der Waals surface area contributed by atoms with Crippen molar-refractivity contribution in [2.45, 2.75) is 26.3 Å². The Morgan fingerprint density at radius 3 is 2.56 bits per heavy atom. The number of nitrogen functional groups attached to an aromatic ring is 1. The van der Waals surface area contributed by atoms with Crippen LogP contribution in [0.25, 0.3) is 0 Å². The highest BCUT2D eigenvalue weighted by Gasteiger charge is 2.12. The summed E-state index contributed by atoms with van der Waals surface area (Å²) in [6, 6.07) is 10.2. The molecular formula is C14H18N4. The van der Waals surface area contributed by atoms with Gasteiger partial charge in [-0.05, 0) is 11.5 Å². The summed E-state index contributed by atoms with van der Waals surface area (Å²) in [7, 11) is 0. The quantitative estimate of drug-likeness (QED) is 0.865. The molecule has 0 unspecified atom stereocenters. The van der Waals surface area contributed by atoms with Crippen LogP contribution in [0.3, 0.4) is 0 Å². The minimum Gasteiger partial charge on any atom is -0.383 e. The smallest absolute Gasteiger partial charge is 0.135 e. The van der Waals surface area contributed by atoms with Gasteiger partial charge in [0.15, 0.2) is 0 Å². The third kappa shape index (κ3) is 2.77. The molecular weight excluding hydrogens is 224 g/mol. The summed E-state index contributed by atoms with van der Waals surface area (Å²) in [5.41, 5.74) is 8.09. The SMILES string of the molecule is CC(C)c1c(N)ncnc1NCc1ccccc1. The monoisotopic (exact) mass is 242 g/mol. The molecule has 0 atom stereocenters. The normalized spacial score (nSPS) is 10.6. The Balaban J connectivity index is 2.17. The van der Waals surface area contributed by atoms with Gasteiger partial charge >= 0.3 is 0 Å². The summed E-state index contributed by atoms with van der Waals surface area (Å²) in [5.74, 6) is 1.67. The van der Waals surface area contributed by atoms with Crippen LogP contribution in [-0.4, -0.2) is 9.97 Å². The molecule has 0 radical (unpaired) electrons. The average molecular weight is 242 g/mol. The Morgan fingerprint density at radius 2 is 1.89 bits per heavy atom. The first-order valence-corrected chi connectivity index (χ1v) is 6.06. The van der Waals surface area contributed by atoms with Crippen molar-refractivity contribution in [3.05, 3.63) is 47.8 Å². The van der Waals surface area contributed by atoms with E-state index in [9.17, 15) is 0 Å². The van der Waals surface area contributed by atoms with Gasteiger partial charge in [0, 0.05) is 12.1 Å². The van der Waals surface area contributed by atoms with Crippen LogP contribution in [0.4, 0.5) is 11.6 Å². The van der Waals surface area contributed by atoms with Crippen molar-refractivity contribution in [3.63, 3.8) is 0 Å². The van der Waals surface area contributed by atoms with E-state index < -0.39 is 0 Å². The summed E-state index contributed by atoms with van der Waals surface area (Å²) in [4.78, 5) is 8.32. The second kappa shape index (κ2) is 5.49. The van der Waals surface area contributed by atoms with Gasteiger partial charge in [-0.1, -0.05) is 44.2 Å². The van der Waals surface area contributed by atoms with Crippen LogP contribution in [0.5, 0.6) is 0 Å². The fourth-order valence-corrected chi connectivity index (χ4v) is 1.90. The minimum atomic E-state index is 0.296. The van der Waals surface area contributed by atoms with E-state index in [2.05, 4.69) is 41.3 Å². The van der Waals surface area contributed by atoms with E-state index in [-0.39, 0.29) is 0 Å². The lowest BCUT2D eigenvalue weighted by Gasteiger charge is -2.14. The van der Waals surface area contributed by atoms with Gasteiger partial charge in [-0.25, -0.2) is 9.97 Å². The first-order valence-electron chi connectivity index (χ1n) is 6.06. The molecule has 1 heterocycles. The first kappa shape index (κ1) is 12.4. The van der Waals surface area contributed by atoms with Gasteiger partial charge in [0.1, 0.15) is 18.0 Å². The fourth-order valence-electron chi connectivity index (χ4n) is 1.90. The van der Waals surface area contributed by atoms with Crippen LogP contribution in [0.2, 0.25) is 0 Å². The van der Waals surface area contributed by atoms with Crippen molar-refractivity contribution in [1.82, 2.24) is 9.97 Å². The molecule has 1 aromatic carbocycles. The van der Waals surface area contributed by atoms with E-state index in [4.69, 9.17) is 5.73 Å². The maximum absolute atomic E-state index is 5.90. The number of rotatable bonds is 4. The molecule has 2 rings (SSSR count). The van der Waals surface area contributed by atoms with Crippen LogP contribution in [0.15, 0.2) is 36.7 Å². The average Bonchev–Trinajstić information content (AvgIpc) is 2.37. The summed E-state index contributed by atoms with van der Waals surface area (Å²) in [6.07, 6.45) is 1.49. The Hall–Kier alpha value is -2.10. The lowest BCUT2D eigenvalue weighted by atomic mass is 10.0. The number of nitrogens with one attached hydrogen (secondary N) is 1. The van der Waals surface area contributed by atoms with E-state index >= 15 is 0 Å². The fraction of sp³-hybridized carbons (Fsp3) is 0.286. The first-order chi connectivity index (χ1) is 8.68. The van der Waals surface area contributed by atoms with E-state index in [1.807, 2.05) is 18.2 Å². The molecule has 18 heavy (non-hydrogen) atoms. The van der Waals surface area contributed by atoms with Crippen molar-refractivity contribution in [1.29, 1.82) is 0 Å². The number of nitrogens with two attached hydrogens (primary N) is 1. The van der Waals surface area contributed by atoms with Crippen LogP contribution >= 0.6 is 0 Å². The van der Waals surface area contributed by atoms with Crippen molar-refractivity contribution in [3.8, 4) is 0 Å². The van der Waals surface area contributed by atoms with Gasteiger partial charge in [0.05, 0.1) is 0 Å². The zero-order valence-corrected chi connectivity index (χ0v) is 10.7. The molecule has 0 aliphatic carbocycles. The maximum atomic E-state index is 5.90. The van der Waals surface area contributed by atoms with E-state index in [1.54, 1.807) is 0 Å². The second-order valence-electron chi connectivity index (χ2n) is 4.52.